The average molecular weight is 565 g/mol. The number of hydrogen-bond donors (Lipinski definition) is 2. The normalized spacial score (nSPS) is 13.9. The fourth-order valence-electron chi connectivity index (χ4n) is 4.56. The van der Waals surface area contributed by atoms with Crippen LogP contribution in [-0.4, -0.2) is 61.7 Å². The lowest BCUT2D eigenvalue weighted by Crippen LogP contribution is -2.46. The number of ether oxygens (including phenoxy) is 1. The van der Waals surface area contributed by atoms with Gasteiger partial charge in [0, 0.05) is 43.0 Å². The fourth-order valence-corrected chi connectivity index (χ4v) is 4.75. The summed E-state index contributed by atoms with van der Waals surface area (Å²) in [5.74, 6) is 1.35. The number of aliphatic hydroxyl groups is 2. The number of piperidine rings is 1. The molecular weight excluding hydrogens is 528 g/mol. The third-order valence-corrected chi connectivity index (χ3v) is 6.82. The number of aliphatic hydroxyl groups excluding tert-OH is 1. The van der Waals surface area contributed by atoms with Crippen LogP contribution in [0.15, 0.2) is 55.1 Å². The Morgan fingerprint density at radius 1 is 1.10 bits per heavy atom. The van der Waals surface area contributed by atoms with Crippen LogP contribution in [0.5, 0.6) is 5.75 Å². The van der Waals surface area contributed by atoms with E-state index in [1.165, 1.54) is 6.20 Å². The largest absolute Gasteiger partial charge is 0.490 e. The number of nitriles is 1. The zero-order valence-corrected chi connectivity index (χ0v) is 24.3. The van der Waals surface area contributed by atoms with Crippen LogP contribution in [-0.2, 0) is 6.42 Å². The topological polar surface area (TPSA) is 120 Å². The first-order valence-electron chi connectivity index (χ1n) is 13.7. The highest BCUT2D eigenvalue weighted by Gasteiger charge is 2.34. The summed E-state index contributed by atoms with van der Waals surface area (Å²) in [7, 11) is 0. The summed E-state index contributed by atoms with van der Waals surface area (Å²) in [5.41, 5.74) is 2.55. The molecule has 5 rings (SSSR count). The SMILES string of the molecule is CC.CC.N#Cc1cnn2cc(OCCO)cc(-c3ccc(N4CCC(O)(Cc5ncccc5Cl)CC4)nc3)c12. The van der Waals surface area contributed by atoms with Gasteiger partial charge in [-0.1, -0.05) is 39.3 Å². The first-order chi connectivity index (χ1) is 19.5. The monoisotopic (exact) mass is 564 g/mol. The maximum Gasteiger partial charge on any atom is 0.138 e. The molecule has 1 saturated heterocycles. The standard InChI is InChI=1S/C26H25ClN6O3.2C2H6/c27-22-2-1-7-29-23(22)13-26(35)5-8-32(9-6-26)24-4-3-18(15-30-24)21-12-20(36-11-10-34)17-33-25(21)19(14-28)16-31-33;2*1-2/h1-4,7,12,15-17,34-35H,5-6,8-11,13H2;2*1-2H3. The molecular formula is C30H37ClN6O3. The Kier molecular flexibility index (Phi) is 11.3. The Hall–Kier alpha value is -3.71. The third kappa shape index (κ3) is 7.07. The van der Waals surface area contributed by atoms with E-state index in [9.17, 15) is 10.4 Å². The van der Waals surface area contributed by atoms with E-state index in [1.54, 1.807) is 35.2 Å². The van der Waals surface area contributed by atoms with Gasteiger partial charge in [-0.15, -0.1) is 0 Å². The van der Waals surface area contributed by atoms with E-state index in [4.69, 9.17) is 21.4 Å². The van der Waals surface area contributed by atoms with Crippen molar-refractivity contribution >= 4 is 22.9 Å². The zero-order chi connectivity index (χ0) is 29.1. The summed E-state index contributed by atoms with van der Waals surface area (Å²) in [5, 5.41) is 34.6. The van der Waals surface area contributed by atoms with Crippen LogP contribution >= 0.6 is 11.6 Å². The number of aromatic nitrogens is 4. The van der Waals surface area contributed by atoms with Crippen LogP contribution in [0.1, 0.15) is 51.8 Å². The molecule has 0 saturated carbocycles. The molecule has 0 aromatic carbocycles. The molecule has 1 aliphatic heterocycles. The second kappa shape index (κ2) is 14.6. The molecule has 1 aliphatic rings. The molecule has 2 N–H and O–H groups in total. The van der Waals surface area contributed by atoms with Crippen LogP contribution in [0.25, 0.3) is 16.6 Å². The zero-order valence-electron chi connectivity index (χ0n) is 23.5. The fraction of sp³-hybridized carbons (Fsp3) is 0.400. The van der Waals surface area contributed by atoms with E-state index in [1.807, 2.05) is 45.9 Å². The molecule has 4 aromatic heterocycles. The molecule has 0 spiro atoms. The molecule has 10 heteroatoms. The van der Waals surface area contributed by atoms with Crippen LogP contribution in [0.3, 0.4) is 0 Å². The maximum atomic E-state index is 11.1. The van der Waals surface area contributed by atoms with Gasteiger partial charge in [-0.3, -0.25) is 4.98 Å². The van der Waals surface area contributed by atoms with Crippen molar-refractivity contribution in [3.63, 3.8) is 0 Å². The minimum atomic E-state index is -0.856. The smallest absolute Gasteiger partial charge is 0.138 e. The second-order valence-electron chi connectivity index (χ2n) is 8.85. The number of hydrogen-bond acceptors (Lipinski definition) is 8. The predicted molar refractivity (Wildman–Crippen MR) is 158 cm³/mol. The predicted octanol–water partition coefficient (Wildman–Crippen LogP) is 5.31. The van der Waals surface area contributed by atoms with E-state index in [0.29, 0.717) is 59.9 Å². The van der Waals surface area contributed by atoms with Crippen LogP contribution in [0.4, 0.5) is 5.82 Å². The minimum absolute atomic E-state index is 0.105. The number of rotatable bonds is 7. The van der Waals surface area contributed by atoms with Crippen LogP contribution < -0.4 is 9.64 Å². The highest BCUT2D eigenvalue weighted by Crippen LogP contribution is 2.33. The summed E-state index contributed by atoms with van der Waals surface area (Å²) >= 11 is 6.24. The summed E-state index contributed by atoms with van der Waals surface area (Å²) < 4.78 is 7.20. The molecule has 9 nitrogen and oxygen atoms in total. The van der Waals surface area contributed by atoms with Gasteiger partial charge in [0.15, 0.2) is 0 Å². The Balaban J connectivity index is 0.00000106. The molecule has 0 unspecified atom stereocenters. The minimum Gasteiger partial charge on any atom is -0.490 e. The van der Waals surface area contributed by atoms with Gasteiger partial charge in [0.2, 0.25) is 0 Å². The van der Waals surface area contributed by atoms with Crippen molar-refractivity contribution in [3.8, 4) is 22.9 Å². The lowest BCUT2D eigenvalue weighted by Gasteiger charge is -2.38. The molecule has 5 heterocycles. The van der Waals surface area contributed by atoms with Crippen molar-refractivity contribution < 1.29 is 14.9 Å². The van der Waals surface area contributed by atoms with E-state index in [0.717, 1.165) is 16.9 Å². The average Bonchev–Trinajstić information content (AvgIpc) is 3.42. The van der Waals surface area contributed by atoms with Gasteiger partial charge in [-0.05, 0) is 43.2 Å². The highest BCUT2D eigenvalue weighted by molar-refractivity contribution is 6.31. The van der Waals surface area contributed by atoms with Crippen molar-refractivity contribution in [2.75, 3.05) is 31.2 Å². The van der Waals surface area contributed by atoms with Gasteiger partial charge in [0.25, 0.3) is 0 Å². The molecule has 40 heavy (non-hydrogen) atoms. The van der Waals surface area contributed by atoms with Crippen molar-refractivity contribution in [2.45, 2.75) is 52.6 Å². The van der Waals surface area contributed by atoms with Crippen LogP contribution in [0.2, 0.25) is 5.02 Å². The van der Waals surface area contributed by atoms with Gasteiger partial charge >= 0.3 is 0 Å². The van der Waals surface area contributed by atoms with Crippen molar-refractivity contribution in [1.82, 2.24) is 19.6 Å². The molecule has 0 atom stereocenters. The Morgan fingerprint density at radius 3 is 2.48 bits per heavy atom. The van der Waals surface area contributed by atoms with Gasteiger partial charge in [-0.25, -0.2) is 9.50 Å². The van der Waals surface area contributed by atoms with E-state index >= 15 is 0 Å². The lowest BCUT2D eigenvalue weighted by molar-refractivity contribution is 0.0156. The summed E-state index contributed by atoms with van der Waals surface area (Å²) in [6.45, 7) is 9.36. The molecule has 1 fully saturated rings. The maximum absolute atomic E-state index is 11.1. The molecule has 0 amide bonds. The Labute approximate surface area is 240 Å². The number of halogens is 1. The lowest BCUT2D eigenvalue weighted by atomic mass is 9.87. The third-order valence-electron chi connectivity index (χ3n) is 6.48. The van der Waals surface area contributed by atoms with Crippen molar-refractivity contribution in [1.29, 1.82) is 5.26 Å². The first-order valence-corrected chi connectivity index (χ1v) is 14.1. The van der Waals surface area contributed by atoms with Gasteiger partial charge in [0.1, 0.15) is 24.2 Å². The highest BCUT2D eigenvalue weighted by atomic mass is 35.5. The van der Waals surface area contributed by atoms with Crippen molar-refractivity contribution in [3.05, 3.63) is 71.4 Å². The quantitative estimate of drug-likeness (QED) is 0.310. The summed E-state index contributed by atoms with van der Waals surface area (Å²) in [6.07, 6.45) is 8.24. The Bertz CT molecular complexity index is 1410. The molecule has 0 aliphatic carbocycles. The summed E-state index contributed by atoms with van der Waals surface area (Å²) in [6, 6.07) is 11.5. The molecule has 0 radical (unpaired) electrons. The first kappa shape index (κ1) is 30.8. The second-order valence-corrected chi connectivity index (χ2v) is 9.26. The van der Waals surface area contributed by atoms with Crippen molar-refractivity contribution in [2.24, 2.45) is 0 Å². The van der Waals surface area contributed by atoms with E-state index in [-0.39, 0.29) is 13.2 Å². The number of fused-ring (bicyclic) bond motifs is 1. The van der Waals surface area contributed by atoms with Gasteiger partial charge in [0.05, 0.1) is 46.4 Å². The Morgan fingerprint density at radius 2 is 1.85 bits per heavy atom. The molecule has 4 aromatic rings. The van der Waals surface area contributed by atoms with Crippen LogP contribution in [0, 0.1) is 11.3 Å². The van der Waals surface area contributed by atoms with Gasteiger partial charge < -0.3 is 19.8 Å². The van der Waals surface area contributed by atoms with E-state index in [2.05, 4.69) is 26.0 Å². The van der Waals surface area contributed by atoms with E-state index < -0.39 is 5.60 Å². The molecule has 0 bridgehead atoms. The summed E-state index contributed by atoms with van der Waals surface area (Å²) in [4.78, 5) is 11.1. The number of nitrogens with zero attached hydrogens (tertiary/aromatic N) is 6. The number of anilines is 1. The molecule has 212 valence electrons. The van der Waals surface area contributed by atoms with Gasteiger partial charge in [-0.2, -0.15) is 10.4 Å². The number of pyridine rings is 3.